The molecule has 7 heteroatoms. The summed E-state index contributed by atoms with van der Waals surface area (Å²) in [5.74, 6) is 0.641. The van der Waals surface area contributed by atoms with Gasteiger partial charge in [0.05, 0.1) is 12.2 Å². The number of pyridine rings is 1. The van der Waals surface area contributed by atoms with Crippen LogP contribution in [-0.4, -0.2) is 31.3 Å². The fourth-order valence-corrected chi connectivity index (χ4v) is 3.43. The lowest BCUT2D eigenvalue weighted by Crippen LogP contribution is -2.40. The molecule has 0 atom stereocenters. The standard InChI is InChI=1S/C20H23F3N2O2/c1-2-27-16-7-5-15(6-8-16)19(9-12-26-13-10-19)14-25-18-17(20(21,22)23)4-3-11-24-18/h3-8,11H,2,9-10,12-14H2,1H3,(H,24,25). The van der Waals surface area contributed by atoms with E-state index in [1.54, 1.807) is 0 Å². The van der Waals surface area contributed by atoms with E-state index in [4.69, 9.17) is 9.47 Å². The Morgan fingerprint density at radius 3 is 2.48 bits per heavy atom. The van der Waals surface area contributed by atoms with Crippen LogP contribution in [-0.2, 0) is 16.3 Å². The number of rotatable bonds is 6. The van der Waals surface area contributed by atoms with Crippen molar-refractivity contribution in [2.24, 2.45) is 0 Å². The van der Waals surface area contributed by atoms with Crippen LogP contribution in [0, 0.1) is 0 Å². The summed E-state index contributed by atoms with van der Waals surface area (Å²) >= 11 is 0. The van der Waals surface area contributed by atoms with E-state index >= 15 is 0 Å². The Bertz CT molecular complexity index is 742. The highest BCUT2D eigenvalue weighted by Crippen LogP contribution is 2.38. The lowest BCUT2D eigenvalue weighted by molar-refractivity contribution is -0.137. The molecule has 2 aromatic rings. The van der Waals surface area contributed by atoms with Gasteiger partial charge in [-0.2, -0.15) is 13.2 Å². The van der Waals surface area contributed by atoms with Crippen LogP contribution in [0.15, 0.2) is 42.6 Å². The van der Waals surface area contributed by atoms with Gasteiger partial charge in [-0.05, 0) is 49.6 Å². The van der Waals surface area contributed by atoms with E-state index in [1.807, 2.05) is 31.2 Å². The normalized spacial score (nSPS) is 16.7. The van der Waals surface area contributed by atoms with Crippen molar-refractivity contribution in [1.29, 1.82) is 0 Å². The average molecular weight is 380 g/mol. The smallest absolute Gasteiger partial charge is 0.419 e. The monoisotopic (exact) mass is 380 g/mol. The minimum absolute atomic E-state index is 0.137. The molecule has 1 saturated heterocycles. The SMILES string of the molecule is CCOc1ccc(C2(CNc3ncccc3C(F)(F)F)CCOCC2)cc1. The molecule has 0 saturated carbocycles. The Kier molecular flexibility index (Phi) is 5.89. The zero-order chi connectivity index (χ0) is 19.3. The molecule has 1 aromatic carbocycles. The first-order valence-electron chi connectivity index (χ1n) is 9.02. The summed E-state index contributed by atoms with van der Waals surface area (Å²) in [7, 11) is 0. The number of nitrogens with zero attached hydrogens (tertiary/aromatic N) is 1. The lowest BCUT2D eigenvalue weighted by Gasteiger charge is -2.38. The van der Waals surface area contributed by atoms with Crippen molar-refractivity contribution in [3.8, 4) is 5.75 Å². The number of benzene rings is 1. The zero-order valence-electron chi connectivity index (χ0n) is 15.2. The molecule has 0 radical (unpaired) electrons. The van der Waals surface area contributed by atoms with Gasteiger partial charge in [0.2, 0.25) is 0 Å². The summed E-state index contributed by atoms with van der Waals surface area (Å²) < 4.78 is 50.7. The van der Waals surface area contributed by atoms with Crippen LogP contribution >= 0.6 is 0 Å². The molecule has 0 spiro atoms. The zero-order valence-corrected chi connectivity index (χ0v) is 15.2. The van der Waals surface area contributed by atoms with Crippen molar-refractivity contribution in [3.63, 3.8) is 0 Å². The third-order valence-corrected chi connectivity index (χ3v) is 4.93. The number of hydrogen-bond donors (Lipinski definition) is 1. The molecule has 1 aromatic heterocycles. The highest BCUT2D eigenvalue weighted by molar-refractivity contribution is 5.47. The van der Waals surface area contributed by atoms with E-state index < -0.39 is 11.7 Å². The van der Waals surface area contributed by atoms with Gasteiger partial charge < -0.3 is 14.8 Å². The van der Waals surface area contributed by atoms with Gasteiger partial charge in [-0.3, -0.25) is 0 Å². The molecule has 0 unspecified atom stereocenters. The molecule has 1 aliphatic heterocycles. The maximum absolute atomic E-state index is 13.2. The Balaban J connectivity index is 1.84. The minimum Gasteiger partial charge on any atom is -0.494 e. The number of alkyl halides is 3. The molecule has 0 amide bonds. The van der Waals surface area contributed by atoms with Gasteiger partial charge in [-0.1, -0.05) is 12.1 Å². The van der Waals surface area contributed by atoms with E-state index in [9.17, 15) is 13.2 Å². The van der Waals surface area contributed by atoms with Crippen molar-refractivity contribution < 1.29 is 22.6 Å². The topological polar surface area (TPSA) is 43.4 Å². The van der Waals surface area contributed by atoms with Crippen LogP contribution in [0.25, 0.3) is 0 Å². The fraction of sp³-hybridized carbons (Fsp3) is 0.450. The molecule has 27 heavy (non-hydrogen) atoms. The first-order chi connectivity index (χ1) is 12.9. The van der Waals surface area contributed by atoms with Crippen LogP contribution in [0.3, 0.4) is 0 Å². The maximum atomic E-state index is 13.2. The average Bonchev–Trinajstić information content (AvgIpc) is 2.67. The molecule has 1 N–H and O–H groups in total. The molecule has 3 rings (SSSR count). The van der Waals surface area contributed by atoms with Crippen LogP contribution in [0.1, 0.15) is 30.9 Å². The summed E-state index contributed by atoms with van der Waals surface area (Å²) in [6.45, 7) is 4.00. The van der Waals surface area contributed by atoms with Crippen LogP contribution in [0.2, 0.25) is 0 Å². The second-order valence-corrected chi connectivity index (χ2v) is 6.60. The molecule has 146 valence electrons. The molecule has 4 nitrogen and oxygen atoms in total. The number of aromatic nitrogens is 1. The Labute approximate surface area is 156 Å². The van der Waals surface area contributed by atoms with E-state index in [2.05, 4.69) is 10.3 Å². The summed E-state index contributed by atoms with van der Waals surface area (Å²) in [5.41, 5.74) is -0.00577. The summed E-state index contributed by atoms with van der Waals surface area (Å²) in [6.07, 6.45) is -1.63. The highest BCUT2D eigenvalue weighted by atomic mass is 19.4. The summed E-state index contributed by atoms with van der Waals surface area (Å²) in [4.78, 5) is 3.91. The number of ether oxygens (including phenoxy) is 2. The van der Waals surface area contributed by atoms with E-state index in [0.29, 0.717) is 26.4 Å². The van der Waals surface area contributed by atoms with Gasteiger partial charge in [0.15, 0.2) is 0 Å². The molecule has 1 fully saturated rings. The minimum atomic E-state index is -4.45. The number of nitrogens with one attached hydrogen (secondary N) is 1. The Hall–Kier alpha value is -2.28. The lowest BCUT2D eigenvalue weighted by atomic mass is 9.74. The molecule has 0 bridgehead atoms. The van der Waals surface area contributed by atoms with Crippen molar-refractivity contribution >= 4 is 5.82 Å². The van der Waals surface area contributed by atoms with Gasteiger partial charge in [0.1, 0.15) is 11.6 Å². The Morgan fingerprint density at radius 2 is 1.85 bits per heavy atom. The van der Waals surface area contributed by atoms with Crippen LogP contribution in [0.4, 0.5) is 19.0 Å². The van der Waals surface area contributed by atoms with Crippen molar-refractivity contribution in [2.75, 3.05) is 31.7 Å². The second-order valence-electron chi connectivity index (χ2n) is 6.60. The van der Waals surface area contributed by atoms with Gasteiger partial charge >= 0.3 is 6.18 Å². The third-order valence-electron chi connectivity index (χ3n) is 4.93. The van der Waals surface area contributed by atoms with Gasteiger partial charge in [0.25, 0.3) is 0 Å². The first kappa shape index (κ1) is 19.5. The summed E-state index contributed by atoms with van der Waals surface area (Å²) in [5, 5.41) is 2.95. The fourth-order valence-electron chi connectivity index (χ4n) is 3.43. The van der Waals surface area contributed by atoms with Crippen LogP contribution < -0.4 is 10.1 Å². The molecule has 2 heterocycles. The largest absolute Gasteiger partial charge is 0.494 e. The molecule has 1 aliphatic rings. The van der Waals surface area contributed by atoms with Crippen molar-refractivity contribution in [2.45, 2.75) is 31.4 Å². The Morgan fingerprint density at radius 1 is 1.15 bits per heavy atom. The molecule has 0 aliphatic carbocycles. The quantitative estimate of drug-likeness (QED) is 0.792. The van der Waals surface area contributed by atoms with Gasteiger partial charge in [-0.15, -0.1) is 0 Å². The van der Waals surface area contributed by atoms with E-state index in [0.717, 1.165) is 30.2 Å². The van der Waals surface area contributed by atoms with Crippen molar-refractivity contribution in [1.82, 2.24) is 4.98 Å². The predicted molar refractivity (Wildman–Crippen MR) is 97.1 cm³/mol. The number of halogens is 3. The maximum Gasteiger partial charge on any atom is 0.419 e. The highest BCUT2D eigenvalue weighted by Gasteiger charge is 2.37. The number of anilines is 1. The summed E-state index contributed by atoms with van der Waals surface area (Å²) in [6, 6.07) is 10.1. The van der Waals surface area contributed by atoms with Crippen molar-refractivity contribution in [3.05, 3.63) is 53.7 Å². The molecular formula is C20H23F3N2O2. The predicted octanol–water partition coefficient (Wildman–Crippen LogP) is 4.66. The molecular weight excluding hydrogens is 357 g/mol. The van der Waals surface area contributed by atoms with Gasteiger partial charge in [-0.25, -0.2) is 4.98 Å². The van der Waals surface area contributed by atoms with E-state index in [1.165, 1.54) is 12.3 Å². The first-order valence-corrected chi connectivity index (χ1v) is 9.02. The van der Waals surface area contributed by atoms with Crippen LogP contribution in [0.5, 0.6) is 5.75 Å². The second kappa shape index (κ2) is 8.17. The van der Waals surface area contributed by atoms with E-state index in [-0.39, 0.29) is 11.2 Å². The number of hydrogen-bond acceptors (Lipinski definition) is 4. The van der Waals surface area contributed by atoms with Gasteiger partial charge in [0, 0.05) is 31.4 Å². The third kappa shape index (κ3) is 4.53.